The van der Waals surface area contributed by atoms with E-state index in [1.54, 1.807) is 13.8 Å². The minimum Gasteiger partial charge on any atom is -0.480 e. The number of hydrogen-bond acceptors (Lipinski definition) is 5. The van der Waals surface area contributed by atoms with Gasteiger partial charge in [0.15, 0.2) is 0 Å². The molecular weight excluding hydrogens is 218 g/mol. The van der Waals surface area contributed by atoms with Crippen LogP contribution in [-0.4, -0.2) is 34.4 Å². The van der Waals surface area contributed by atoms with Crippen LogP contribution < -0.4 is 5.73 Å². The summed E-state index contributed by atoms with van der Waals surface area (Å²) in [5, 5.41) is 8.58. The van der Waals surface area contributed by atoms with Gasteiger partial charge in [-0.15, -0.1) is 11.8 Å². The van der Waals surface area contributed by atoms with Crippen LogP contribution in [0.2, 0.25) is 0 Å². The number of hydrogen-bond donors (Lipinski definition) is 2. The second kappa shape index (κ2) is 4.24. The van der Waals surface area contributed by atoms with Crippen LogP contribution in [0.1, 0.15) is 13.8 Å². The van der Waals surface area contributed by atoms with Gasteiger partial charge in [0.25, 0.3) is 0 Å². The molecule has 1 rings (SSSR count). The lowest BCUT2D eigenvalue weighted by Crippen LogP contribution is -2.33. The Morgan fingerprint density at radius 2 is 2.33 bits per heavy atom. The molecule has 0 unspecified atom stereocenters. The third-order valence-electron chi connectivity index (χ3n) is 1.93. The van der Waals surface area contributed by atoms with E-state index in [0.717, 1.165) is 0 Å². The predicted molar refractivity (Wildman–Crippen MR) is 56.3 cm³/mol. The van der Waals surface area contributed by atoms with Crippen molar-refractivity contribution in [3.05, 3.63) is 11.0 Å². The maximum atomic E-state index is 11.0. The molecule has 1 aliphatic heterocycles. The molecule has 3 N–H and O–H groups in total. The Bertz CT molecular complexity index is 324. The van der Waals surface area contributed by atoms with Crippen molar-refractivity contribution in [1.82, 2.24) is 0 Å². The first-order valence-corrected chi connectivity index (χ1v) is 5.38. The highest BCUT2D eigenvalue weighted by Crippen LogP contribution is 2.35. The maximum absolute atomic E-state index is 11.0. The van der Waals surface area contributed by atoms with Crippen molar-refractivity contribution in [3.63, 3.8) is 0 Å². The number of thioether (sulfide) groups is 1. The summed E-state index contributed by atoms with van der Waals surface area (Å²) in [6.07, 6.45) is 1.37. The second-order valence-electron chi connectivity index (χ2n) is 3.70. The van der Waals surface area contributed by atoms with E-state index in [9.17, 15) is 9.59 Å². The van der Waals surface area contributed by atoms with Crippen LogP contribution in [-0.2, 0) is 14.3 Å². The van der Waals surface area contributed by atoms with E-state index in [1.807, 2.05) is 0 Å². The van der Waals surface area contributed by atoms with Gasteiger partial charge < -0.3 is 15.6 Å². The fraction of sp³-hybridized carbons (Fsp3) is 0.556. The Hall–Kier alpha value is -1.01. The molecule has 1 heterocycles. The summed E-state index contributed by atoms with van der Waals surface area (Å²) in [7, 11) is 0. The zero-order valence-corrected chi connectivity index (χ0v) is 9.34. The molecule has 1 atom stereocenters. The highest BCUT2D eigenvalue weighted by molar-refractivity contribution is 8.03. The lowest BCUT2D eigenvalue weighted by Gasteiger charge is -2.21. The molecule has 0 saturated carbocycles. The number of ether oxygens (including phenoxy) is 1. The summed E-state index contributed by atoms with van der Waals surface area (Å²) in [6.45, 7) is 3.51. The van der Waals surface area contributed by atoms with Gasteiger partial charge >= 0.3 is 11.9 Å². The number of carbonyl (C=O) groups excluding carboxylic acids is 1. The highest BCUT2D eigenvalue weighted by Gasteiger charge is 2.34. The van der Waals surface area contributed by atoms with Crippen molar-refractivity contribution in [1.29, 1.82) is 0 Å². The Balaban J connectivity index is 2.56. The molecule has 0 amide bonds. The SMILES string of the molecule is CC1(C)OC(=O)C=C1SC[C@H](N)C(=O)O. The summed E-state index contributed by atoms with van der Waals surface area (Å²) in [5.74, 6) is -1.22. The van der Waals surface area contributed by atoms with Gasteiger partial charge in [0.2, 0.25) is 0 Å². The fourth-order valence-corrected chi connectivity index (χ4v) is 2.15. The van der Waals surface area contributed by atoms with Crippen molar-refractivity contribution < 1.29 is 19.4 Å². The number of esters is 1. The number of carbonyl (C=O) groups is 2. The molecule has 0 aliphatic carbocycles. The highest BCUT2D eigenvalue weighted by atomic mass is 32.2. The zero-order valence-electron chi connectivity index (χ0n) is 8.52. The molecule has 0 bridgehead atoms. The smallest absolute Gasteiger partial charge is 0.332 e. The summed E-state index contributed by atoms with van der Waals surface area (Å²) in [5.41, 5.74) is 4.68. The molecule has 0 saturated heterocycles. The molecule has 0 fully saturated rings. The zero-order chi connectivity index (χ0) is 11.6. The van der Waals surface area contributed by atoms with Gasteiger partial charge in [-0.2, -0.15) is 0 Å². The monoisotopic (exact) mass is 231 g/mol. The molecular formula is C9H13NO4S. The molecule has 6 heteroatoms. The predicted octanol–water partition coefficient (Wildman–Crippen LogP) is 0.351. The number of aliphatic carboxylic acids is 1. The van der Waals surface area contributed by atoms with Gasteiger partial charge in [0, 0.05) is 16.7 Å². The van der Waals surface area contributed by atoms with Gasteiger partial charge in [-0.25, -0.2) is 4.79 Å². The van der Waals surface area contributed by atoms with Crippen molar-refractivity contribution in [2.75, 3.05) is 5.75 Å². The van der Waals surface area contributed by atoms with E-state index < -0.39 is 23.6 Å². The average Bonchev–Trinajstić information content (AvgIpc) is 2.34. The summed E-state index contributed by atoms with van der Waals surface area (Å²) < 4.78 is 5.01. The number of carboxylic acid groups (broad SMARTS) is 1. The van der Waals surface area contributed by atoms with Gasteiger partial charge in [-0.1, -0.05) is 0 Å². The minimum atomic E-state index is -1.05. The van der Waals surface area contributed by atoms with Crippen LogP contribution in [0.3, 0.4) is 0 Å². The van der Waals surface area contributed by atoms with E-state index in [0.29, 0.717) is 4.91 Å². The lowest BCUT2D eigenvalue weighted by atomic mass is 10.1. The maximum Gasteiger partial charge on any atom is 0.332 e. The van der Waals surface area contributed by atoms with E-state index in [2.05, 4.69) is 0 Å². The number of rotatable bonds is 4. The number of cyclic esters (lactones) is 1. The van der Waals surface area contributed by atoms with Crippen molar-refractivity contribution >= 4 is 23.7 Å². The van der Waals surface area contributed by atoms with Crippen LogP contribution in [0, 0.1) is 0 Å². The van der Waals surface area contributed by atoms with Crippen LogP contribution in [0.5, 0.6) is 0 Å². The first-order valence-electron chi connectivity index (χ1n) is 4.39. The van der Waals surface area contributed by atoms with Crippen molar-refractivity contribution in [2.45, 2.75) is 25.5 Å². The quantitative estimate of drug-likeness (QED) is 0.679. The summed E-state index contributed by atoms with van der Waals surface area (Å²) in [6, 6.07) is -0.928. The van der Waals surface area contributed by atoms with Crippen LogP contribution >= 0.6 is 11.8 Å². The Labute approximate surface area is 91.7 Å². The fourth-order valence-electron chi connectivity index (χ4n) is 1.08. The van der Waals surface area contributed by atoms with E-state index in [-0.39, 0.29) is 5.75 Å². The van der Waals surface area contributed by atoms with Crippen LogP contribution in [0.15, 0.2) is 11.0 Å². The average molecular weight is 231 g/mol. The Kier molecular flexibility index (Phi) is 3.41. The van der Waals surface area contributed by atoms with Gasteiger partial charge in [0.05, 0.1) is 0 Å². The Morgan fingerprint density at radius 1 is 1.73 bits per heavy atom. The van der Waals surface area contributed by atoms with E-state index in [4.69, 9.17) is 15.6 Å². The standard InChI is InChI=1S/C9H13NO4S/c1-9(2)6(3-7(11)14-9)15-4-5(10)8(12)13/h3,5H,4,10H2,1-2H3,(H,12,13)/t5-/m0/s1. The molecule has 15 heavy (non-hydrogen) atoms. The third-order valence-corrected chi connectivity index (χ3v) is 3.38. The first-order chi connectivity index (χ1) is 6.83. The van der Waals surface area contributed by atoms with Gasteiger partial charge in [0.1, 0.15) is 11.6 Å². The first kappa shape index (κ1) is 12.1. The topological polar surface area (TPSA) is 89.6 Å². The summed E-state index contributed by atoms with van der Waals surface area (Å²) in [4.78, 5) is 22.2. The van der Waals surface area contributed by atoms with Gasteiger partial charge in [-0.3, -0.25) is 4.79 Å². The largest absolute Gasteiger partial charge is 0.480 e. The van der Waals surface area contributed by atoms with Crippen LogP contribution in [0.4, 0.5) is 0 Å². The molecule has 0 spiro atoms. The van der Waals surface area contributed by atoms with Crippen molar-refractivity contribution in [3.8, 4) is 0 Å². The molecule has 5 nitrogen and oxygen atoms in total. The molecule has 0 aromatic heterocycles. The second-order valence-corrected chi connectivity index (χ2v) is 4.76. The molecule has 0 aromatic carbocycles. The number of nitrogens with two attached hydrogens (primary N) is 1. The van der Waals surface area contributed by atoms with Crippen LogP contribution in [0.25, 0.3) is 0 Å². The Morgan fingerprint density at radius 3 is 2.73 bits per heavy atom. The van der Waals surface area contributed by atoms with E-state index >= 15 is 0 Å². The molecule has 84 valence electrons. The molecule has 0 radical (unpaired) electrons. The van der Waals surface area contributed by atoms with Crippen molar-refractivity contribution in [2.24, 2.45) is 5.73 Å². The minimum absolute atomic E-state index is 0.223. The van der Waals surface area contributed by atoms with Gasteiger partial charge in [-0.05, 0) is 13.8 Å². The summed E-state index contributed by atoms with van der Waals surface area (Å²) >= 11 is 1.24. The lowest BCUT2D eigenvalue weighted by molar-refractivity contribution is -0.143. The third kappa shape index (κ3) is 2.97. The van der Waals surface area contributed by atoms with E-state index in [1.165, 1.54) is 17.8 Å². The molecule has 0 aromatic rings. The molecule has 1 aliphatic rings. The normalized spacial score (nSPS) is 20.7. The number of carboxylic acids is 1.